The minimum atomic E-state index is -4.20. The first kappa shape index (κ1) is 4.30. The fourth-order valence-electron chi connectivity index (χ4n) is 0. The summed E-state index contributed by atoms with van der Waals surface area (Å²) in [5.74, 6) is 0. The van der Waals surface area contributed by atoms with Crippen LogP contribution in [0.3, 0.4) is 0 Å². The fraction of sp³-hybridized carbons (Fsp3) is 0. The summed E-state index contributed by atoms with van der Waals surface area (Å²) < 4.78 is 25.8. The third-order valence-corrected chi connectivity index (χ3v) is 0. The van der Waals surface area contributed by atoms with Crippen molar-refractivity contribution in [3.8, 4) is 0 Å². The van der Waals surface area contributed by atoms with Crippen LogP contribution in [-0.4, -0.2) is 0 Å². The van der Waals surface area contributed by atoms with Crippen LogP contribution in [0.25, 0.3) is 0 Å². The summed E-state index contributed by atoms with van der Waals surface area (Å²) in [7, 11) is 0. The summed E-state index contributed by atoms with van der Waals surface area (Å²) in [4.78, 5) is 0. The van der Waals surface area contributed by atoms with Crippen LogP contribution >= 0.6 is 0 Å². The molecular weight excluding hydrogens is 141 g/mol. The van der Waals surface area contributed by atoms with Crippen molar-refractivity contribution in [1.29, 1.82) is 0 Å². The second kappa shape index (κ2) is 1.60. The van der Waals surface area contributed by atoms with E-state index in [-0.39, 0.29) is 0 Å². The van der Waals surface area contributed by atoms with Gasteiger partial charge in [0.2, 0.25) is 0 Å². The molecular formula is NbO3-. The van der Waals surface area contributed by atoms with Gasteiger partial charge >= 0.3 is 28.9 Å². The molecule has 4 heavy (non-hydrogen) atoms. The van der Waals surface area contributed by atoms with E-state index in [1.165, 1.54) is 0 Å². The van der Waals surface area contributed by atoms with E-state index in [1.807, 2.05) is 0 Å². The summed E-state index contributed by atoms with van der Waals surface area (Å²) in [6.07, 6.45) is 0. The Kier molecular flexibility index (Phi) is 1.72. The van der Waals surface area contributed by atoms with Crippen molar-refractivity contribution in [2.24, 2.45) is 0 Å². The van der Waals surface area contributed by atoms with E-state index in [0.29, 0.717) is 0 Å². The number of rotatable bonds is 0. The van der Waals surface area contributed by atoms with Gasteiger partial charge in [-0.15, -0.1) is 0 Å². The monoisotopic (exact) mass is 141 g/mol. The third kappa shape index (κ3) is 43.1. The van der Waals surface area contributed by atoms with E-state index in [4.69, 9.17) is 10.1 Å². The molecule has 0 aromatic rings. The molecule has 3 nitrogen and oxygen atoms in total. The van der Waals surface area contributed by atoms with Gasteiger partial charge in [-0.1, -0.05) is 0 Å². The van der Waals surface area contributed by atoms with Gasteiger partial charge in [-0.05, 0) is 0 Å². The molecule has 0 aliphatic rings. The van der Waals surface area contributed by atoms with Gasteiger partial charge < -0.3 is 0 Å². The normalized spacial score (nSPS) is 6.25. The summed E-state index contributed by atoms with van der Waals surface area (Å²) in [6, 6.07) is 0. The predicted molar refractivity (Wildman–Crippen MR) is 1.37 cm³/mol. The van der Waals surface area contributed by atoms with Crippen LogP contribution < -0.4 is 3.61 Å². The zero-order chi connectivity index (χ0) is 3.58. The fourth-order valence-corrected chi connectivity index (χ4v) is 0. The molecule has 0 aliphatic heterocycles. The molecule has 0 aliphatic carbocycles. The van der Waals surface area contributed by atoms with E-state index in [1.54, 1.807) is 0 Å². The summed E-state index contributed by atoms with van der Waals surface area (Å²) in [5, 5.41) is 0. The van der Waals surface area contributed by atoms with Gasteiger partial charge in [-0.3, -0.25) is 0 Å². The molecule has 0 fully saturated rings. The first-order valence-corrected chi connectivity index (χ1v) is 3.24. The average Bonchev–Trinajstić information content (AvgIpc) is 0.811. The Morgan fingerprint density at radius 2 is 1.50 bits per heavy atom. The maximum atomic E-state index is 8.60. The molecule has 0 aromatic carbocycles. The van der Waals surface area contributed by atoms with Crippen molar-refractivity contribution in [3.05, 3.63) is 0 Å². The van der Waals surface area contributed by atoms with Crippen molar-refractivity contribution < 1.29 is 28.9 Å². The minimum absolute atomic E-state index is 4.20. The topological polar surface area (TPSA) is 57.2 Å². The average molecular weight is 141 g/mol. The Labute approximate surface area is 29.5 Å². The Morgan fingerprint density at radius 1 is 1.50 bits per heavy atom. The quantitative estimate of drug-likeness (QED) is 0.388. The molecule has 0 unspecified atom stereocenters. The van der Waals surface area contributed by atoms with Gasteiger partial charge in [-0.25, -0.2) is 0 Å². The van der Waals surface area contributed by atoms with E-state index in [0.717, 1.165) is 0 Å². The van der Waals surface area contributed by atoms with E-state index in [2.05, 4.69) is 0 Å². The van der Waals surface area contributed by atoms with Crippen LogP contribution in [0.1, 0.15) is 0 Å². The summed E-state index contributed by atoms with van der Waals surface area (Å²) in [6.45, 7) is 0. The zero-order valence-electron chi connectivity index (χ0n) is 1.67. The van der Waals surface area contributed by atoms with E-state index in [9.17, 15) is 0 Å². The van der Waals surface area contributed by atoms with Gasteiger partial charge in [0.1, 0.15) is 0 Å². The second-order valence-electron chi connectivity index (χ2n) is 0.224. The van der Waals surface area contributed by atoms with Gasteiger partial charge in [0.25, 0.3) is 0 Å². The molecule has 0 heterocycles. The van der Waals surface area contributed by atoms with Crippen LogP contribution in [-0.2, 0) is 25.3 Å². The SMILES string of the molecule is [O]=[Nb](=[O])[O-]. The predicted octanol–water partition coefficient (Wildman–Crippen LogP) is -1.43. The maximum absolute atomic E-state index is 8.60. The van der Waals surface area contributed by atoms with Crippen molar-refractivity contribution in [1.82, 2.24) is 0 Å². The molecule has 24 valence electrons. The molecule has 0 saturated heterocycles. The van der Waals surface area contributed by atoms with Crippen LogP contribution in [0.5, 0.6) is 0 Å². The molecule has 0 atom stereocenters. The van der Waals surface area contributed by atoms with Crippen molar-refractivity contribution in [3.63, 3.8) is 0 Å². The van der Waals surface area contributed by atoms with Crippen LogP contribution in [0.4, 0.5) is 0 Å². The molecule has 0 bridgehead atoms. The Morgan fingerprint density at radius 3 is 1.50 bits per heavy atom. The first-order valence-electron chi connectivity index (χ1n) is 0.548. The molecule has 0 amide bonds. The summed E-state index contributed by atoms with van der Waals surface area (Å²) >= 11 is -4.20. The molecule has 0 aromatic heterocycles. The van der Waals surface area contributed by atoms with E-state index >= 15 is 0 Å². The molecule has 0 N–H and O–H groups in total. The van der Waals surface area contributed by atoms with Gasteiger partial charge in [0, 0.05) is 0 Å². The Bertz CT molecular complexity index is 51.7. The van der Waals surface area contributed by atoms with E-state index < -0.39 is 18.8 Å². The van der Waals surface area contributed by atoms with Gasteiger partial charge in [0.15, 0.2) is 0 Å². The van der Waals surface area contributed by atoms with Crippen molar-refractivity contribution in [2.45, 2.75) is 0 Å². The standard InChI is InChI=1S/Nb.3O/q;;;-1. The van der Waals surface area contributed by atoms with Crippen molar-refractivity contribution >= 4 is 0 Å². The van der Waals surface area contributed by atoms with Crippen molar-refractivity contribution in [2.75, 3.05) is 0 Å². The Balaban J connectivity index is 3.51. The number of hydrogen-bond acceptors (Lipinski definition) is 3. The molecule has 0 radical (unpaired) electrons. The molecule has 0 spiro atoms. The first-order chi connectivity index (χ1) is 1.73. The molecule has 0 rings (SSSR count). The third-order valence-electron chi connectivity index (χ3n) is 0. The Hall–Kier alpha value is 0.300. The molecule has 0 saturated carbocycles. The summed E-state index contributed by atoms with van der Waals surface area (Å²) in [5.41, 5.74) is 0. The van der Waals surface area contributed by atoms with Crippen LogP contribution in [0, 0.1) is 0 Å². The zero-order valence-corrected chi connectivity index (χ0v) is 3.87. The van der Waals surface area contributed by atoms with Gasteiger partial charge in [0.05, 0.1) is 0 Å². The van der Waals surface area contributed by atoms with Crippen LogP contribution in [0.15, 0.2) is 0 Å². The van der Waals surface area contributed by atoms with Crippen LogP contribution in [0.2, 0.25) is 0 Å². The van der Waals surface area contributed by atoms with Gasteiger partial charge in [-0.2, -0.15) is 0 Å². The number of hydrogen-bond donors (Lipinski definition) is 0. The second-order valence-corrected chi connectivity index (χ2v) is 1.32. The molecule has 4 heteroatoms.